The summed E-state index contributed by atoms with van der Waals surface area (Å²) in [5.41, 5.74) is 4.50. The molecule has 1 aliphatic heterocycles. The number of alkyl carbamates (subject to hydrolysis) is 1. The van der Waals surface area contributed by atoms with E-state index in [1.165, 1.54) is 12.0 Å². The molecule has 0 radical (unpaired) electrons. The van der Waals surface area contributed by atoms with Gasteiger partial charge in [0.2, 0.25) is 5.91 Å². The molecule has 0 spiro atoms. The number of nitrogens with zero attached hydrogens (tertiary/aromatic N) is 1. The quantitative estimate of drug-likeness (QED) is 0.619. The van der Waals surface area contributed by atoms with Gasteiger partial charge in [0.1, 0.15) is 18.6 Å². The molecule has 2 aromatic carbocycles. The lowest BCUT2D eigenvalue weighted by atomic mass is 9.98. The molecule has 3 atom stereocenters. The summed E-state index contributed by atoms with van der Waals surface area (Å²) < 4.78 is 10.8. The maximum Gasteiger partial charge on any atom is 0.407 e. The molecule has 2 aromatic rings. The largest absolute Gasteiger partial charge is 0.481 e. The fraction of sp³-hybridized carbons (Fsp3) is 0.423. The van der Waals surface area contributed by atoms with Gasteiger partial charge in [-0.1, -0.05) is 61.9 Å². The molecule has 34 heavy (non-hydrogen) atoms. The second kappa shape index (κ2) is 10.3. The summed E-state index contributed by atoms with van der Waals surface area (Å²) in [6.07, 6.45) is -0.136. The number of ether oxygens (including phenoxy) is 2. The zero-order chi connectivity index (χ0) is 24.2. The van der Waals surface area contributed by atoms with Crippen molar-refractivity contribution in [3.8, 4) is 11.1 Å². The standard InChI is InChI=1S/C26H30N2O6/c1-3-8-22(24(29)28-13-20(25(30)31)23(14-28)33-2)27-26(32)34-15-21-18-11-6-4-9-16(18)17-10-5-7-12-19(17)21/h4-7,9-12,20-23H,3,8,13-15H2,1-2H3,(H,27,32)(H,30,31). The number of carboxylic acids is 1. The monoisotopic (exact) mass is 466 g/mol. The molecule has 1 saturated heterocycles. The second-order valence-electron chi connectivity index (χ2n) is 8.77. The van der Waals surface area contributed by atoms with Crippen LogP contribution < -0.4 is 5.32 Å². The number of hydrogen-bond acceptors (Lipinski definition) is 5. The number of carboxylic acid groups (broad SMARTS) is 1. The highest BCUT2D eigenvalue weighted by atomic mass is 16.5. The van der Waals surface area contributed by atoms with Crippen molar-refractivity contribution in [2.75, 3.05) is 26.8 Å². The minimum atomic E-state index is -1.00. The summed E-state index contributed by atoms with van der Waals surface area (Å²) in [5, 5.41) is 12.1. The first-order chi connectivity index (χ1) is 16.4. The van der Waals surface area contributed by atoms with Gasteiger partial charge in [-0.05, 0) is 28.7 Å². The van der Waals surface area contributed by atoms with Crippen LogP contribution in [0.25, 0.3) is 11.1 Å². The van der Waals surface area contributed by atoms with Gasteiger partial charge in [0.15, 0.2) is 0 Å². The zero-order valence-corrected chi connectivity index (χ0v) is 19.4. The molecule has 0 bridgehead atoms. The number of rotatable bonds is 8. The first-order valence-corrected chi connectivity index (χ1v) is 11.6. The van der Waals surface area contributed by atoms with Crippen molar-refractivity contribution in [1.82, 2.24) is 10.2 Å². The molecular weight excluding hydrogens is 436 g/mol. The highest BCUT2D eigenvalue weighted by Gasteiger charge is 2.41. The van der Waals surface area contributed by atoms with Crippen LogP contribution in [0.3, 0.4) is 0 Å². The summed E-state index contributed by atoms with van der Waals surface area (Å²) in [7, 11) is 1.44. The minimum Gasteiger partial charge on any atom is -0.481 e. The van der Waals surface area contributed by atoms with E-state index in [-0.39, 0.29) is 31.5 Å². The Kier molecular flexibility index (Phi) is 7.17. The number of likely N-dealkylation sites (tertiary alicyclic amines) is 1. The molecule has 4 rings (SSSR count). The Balaban J connectivity index is 1.40. The predicted octanol–water partition coefficient (Wildman–Crippen LogP) is 3.25. The Morgan fingerprint density at radius 1 is 1.06 bits per heavy atom. The number of nitrogens with one attached hydrogen (secondary N) is 1. The van der Waals surface area contributed by atoms with Gasteiger partial charge < -0.3 is 24.8 Å². The summed E-state index contributed by atoms with van der Waals surface area (Å²) in [4.78, 5) is 38.7. The lowest BCUT2D eigenvalue weighted by Gasteiger charge is -2.24. The third-order valence-electron chi connectivity index (χ3n) is 6.71. The number of amides is 2. The smallest absolute Gasteiger partial charge is 0.407 e. The lowest BCUT2D eigenvalue weighted by Crippen LogP contribution is -2.48. The molecule has 1 fully saturated rings. The summed E-state index contributed by atoms with van der Waals surface area (Å²) >= 11 is 0. The summed E-state index contributed by atoms with van der Waals surface area (Å²) in [5.74, 6) is -2.18. The third-order valence-corrected chi connectivity index (χ3v) is 6.71. The highest BCUT2D eigenvalue weighted by Crippen LogP contribution is 2.44. The van der Waals surface area contributed by atoms with Crippen molar-refractivity contribution in [2.45, 2.75) is 37.8 Å². The van der Waals surface area contributed by atoms with Gasteiger partial charge in [-0.25, -0.2) is 4.79 Å². The van der Waals surface area contributed by atoms with Crippen molar-refractivity contribution in [1.29, 1.82) is 0 Å². The number of carbonyl (C=O) groups is 3. The van der Waals surface area contributed by atoms with Crippen molar-refractivity contribution >= 4 is 18.0 Å². The van der Waals surface area contributed by atoms with Gasteiger partial charge in [0.25, 0.3) is 0 Å². The van der Waals surface area contributed by atoms with Gasteiger partial charge in [0.05, 0.1) is 6.10 Å². The van der Waals surface area contributed by atoms with Crippen LogP contribution in [0.1, 0.15) is 36.8 Å². The molecule has 2 amide bonds. The van der Waals surface area contributed by atoms with E-state index in [4.69, 9.17) is 9.47 Å². The molecular formula is C26H30N2O6. The first kappa shape index (κ1) is 23.8. The number of benzene rings is 2. The van der Waals surface area contributed by atoms with Gasteiger partial charge in [0, 0.05) is 26.1 Å². The molecule has 1 aliphatic carbocycles. The van der Waals surface area contributed by atoms with Crippen molar-refractivity contribution in [3.05, 3.63) is 59.7 Å². The fourth-order valence-corrected chi connectivity index (χ4v) is 4.98. The van der Waals surface area contributed by atoms with Crippen LogP contribution in [0.2, 0.25) is 0 Å². The molecule has 8 nitrogen and oxygen atoms in total. The first-order valence-electron chi connectivity index (χ1n) is 11.6. The van der Waals surface area contributed by atoms with Crippen LogP contribution in [0.5, 0.6) is 0 Å². The predicted molar refractivity (Wildman–Crippen MR) is 125 cm³/mol. The van der Waals surface area contributed by atoms with E-state index in [0.29, 0.717) is 12.8 Å². The Morgan fingerprint density at radius 2 is 1.68 bits per heavy atom. The van der Waals surface area contributed by atoms with Crippen LogP contribution in [-0.4, -0.2) is 66.9 Å². The van der Waals surface area contributed by atoms with Crippen molar-refractivity contribution in [3.63, 3.8) is 0 Å². The van der Waals surface area contributed by atoms with E-state index in [0.717, 1.165) is 22.3 Å². The number of methoxy groups -OCH3 is 1. The lowest BCUT2D eigenvalue weighted by molar-refractivity contribution is -0.144. The Bertz CT molecular complexity index is 1030. The van der Waals surface area contributed by atoms with E-state index in [1.807, 2.05) is 43.3 Å². The van der Waals surface area contributed by atoms with Gasteiger partial charge in [-0.3, -0.25) is 9.59 Å². The van der Waals surface area contributed by atoms with Crippen LogP contribution >= 0.6 is 0 Å². The van der Waals surface area contributed by atoms with E-state index in [9.17, 15) is 19.5 Å². The molecule has 0 aromatic heterocycles. The average molecular weight is 467 g/mol. The topological polar surface area (TPSA) is 105 Å². The van der Waals surface area contributed by atoms with E-state index < -0.39 is 30.1 Å². The number of carbonyl (C=O) groups excluding carboxylic acids is 2. The molecule has 8 heteroatoms. The maximum atomic E-state index is 13.1. The molecule has 0 saturated carbocycles. The molecule has 180 valence electrons. The highest BCUT2D eigenvalue weighted by molar-refractivity contribution is 5.87. The second-order valence-corrected chi connectivity index (χ2v) is 8.77. The summed E-state index contributed by atoms with van der Waals surface area (Å²) in [6.45, 7) is 2.31. The van der Waals surface area contributed by atoms with Gasteiger partial charge >= 0.3 is 12.1 Å². The van der Waals surface area contributed by atoms with Crippen molar-refractivity contribution < 1.29 is 29.0 Å². The Morgan fingerprint density at radius 3 is 2.21 bits per heavy atom. The van der Waals surface area contributed by atoms with Crippen LogP contribution in [-0.2, 0) is 19.1 Å². The van der Waals surface area contributed by atoms with Crippen LogP contribution in [0.15, 0.2) is 48.5 Å². The Hall–Kier alpha value is -3.39. The zero-order valence-electron chi connectivity index (χ0n) is 19.4. The number of aliphatic carboxylic acids is 1. The van der Waals surface area contributed by atoms with Crippen LogP contribution in [0.4, 0.5) is 4.79 Å². The normalized spacial score (nSPS) is 19.9. The minimum absolute atomic E-state index is 0.0548. The summed E-state index contributed by atoms with van der Waals surface area (Å²) in [6, 6.07) is 15.4. The molecule has 3 unspecified atom stereocenters. The van der Waals surface area contributed by atoms with Gasteiger partial charge in [-0.15, -0.1) is 0 Å². The van der Waals surface area contributed by atoms with E-state index >= 15 is 0 Å². The van der Waals surface area contributed by atoms with Crippen LogP contribution in [0, 0.1) is 5.92 Å². The fourth-order valence-electron chi connectivity index (χ4n) is 4.98. The maximum absolute atomic E-state index is 13.1. The number of fused-ring (bicyclic) bond motifs is 3. The van der Waals surface area contributed by atoms with E-state index in [2.05, 4.69) is 17.4 Å². The average Bonchev–Trinajstić information content (AvgIpc) is 3.42. The molecule has 1 heterocycles. The van der Waals surface area contributed by atoms with Crippen molar-refractivity contribution in [2.24, 2.45) is 5.92 Å². The SMILES string of the molecule is CCCC(NC(=O)OCC1c2ccccc2-c2ccccc21)C(=O)N1CC(OC)C(C(=O)O)C1. The van der Waals surface area contributed by atoms with E-state index in [1.54, 1.807) is 0 Å². The Labute approximate surface area is 198 Å². The third kappa shape index (κ3) is 4.63. The molecule has 2 aliphatic rings. The van der Waals surface area contributed by atoms with Gasteiger partial charge in [-0.2, -0.15) is 0 Å². The number of hydrogen-bond donors (Lipinski definition) is 2. The molecule has 2 N–H and O–H groups in total.